The van der Waals surface area contributed by atoms with E-state index in [4.69, 9.17) is 9.47 Å². The van der Waals surface area contributed by atoms with E-state index in [0.717, 1.165) is 10.6 Å². The van der Waals surface area contributed by atoms with Gasteiger partial charge in [-0.1, -0.05) is 18.2 Å². The van der Waals surface area contributed by atoms with E-state index in [1.165, 1.54) is 31.2 Å². The van der Waals surface area contributed by atoms with E-state index in [0.29, 0.717) is 5.75 Å². The maximum Gasteiger partial charge on any atom is 0.436 e. The van der Waals surface area contributed by atoms with Crippen molar-refractivity contribution in [1.29, 1.82) is 0 Å². The highest BCUT2D eigenvalue weighted by molar-refractivity contribution is 5.98. The molecule has 10 heteroatoms. The van der Waals surface area contributed by atoms with Crippen LogP contribution in [0.2, 0.25) is 0 Å². The van der Waals surface area contributed by atoms with Crippen molar-refractivity contribution >= 4 is 17.6 Å². The lowest BCUT2D eigenvalue weighted by molar-refractivity contribution is -0.247. The molecule has 3 rings (SSSR count). The number of carbonyl (C=O) groups is 2. The maximum atomic E-state index is 14.5. The minimum Gasteiger partial charge on any atom is -0.497 e. The summed E-state index contributed by atoms with van der Waals surface area (Å²) < 4.78 is 53.5. The van der Waals surface area contributed by atoms with Crippen LogP contribution < -0.4 is 15.0 Å². The lowest BCUT2D eigenvalue weighted by atomic mass is 10.0. The highest BCUT2D eigenvalue weighted by Gasteiger charge is 2.66. The number of hydrogen-bond donors (Lipinski definition) is 1. The number of alkyl halides is 3. The Labute approximate surface area is 190 Å². The van der Waals surface area contributed by atoms with Gasteiger partial charge >= 0.3 is 12.1 Å². The monoisotopic (exact) mass is 465 g/mol. The molecule has 0 saturated carbocycles. The molecule has 2 aromatic carbocycles. The quantitative estimate of drug-likeness (QED) is 0.634. The summed E-state index contributed by atoms with van der Waals surface area (Å²) in [7, 11) is 1.55. The molecule has 1 amide bonds. The van der Waals surface area contributed by atoms with Crippen molar-refractivity contribution < 1.29 is 32.2 Å². The summed E-state index contributed by atoms with van der Waals surface area (Å²) in [5.74, 6) is -1.90. The highest BCUT2D eigenvalue weighted by Crippen LogP contribution is 2.36. The largest absolute Gasteiger partial charge is 0.497 e. The maximum absolute atomic E-state index is 14.5. The van der Waals surface area contributed by atoms with Crippen molar-refractivity contribution in [3.05, 3.63) is 60.2 Å². The number of methoxy groups -OCH3 is 1. The fourth-order valence-electron chi connectivity index (χ4n) is 3.78. The number of ether oxygens (including phenoxy) is 2. The van der Waals surface area contributed by atoms with Gasteiger partial charge in [-0.3, -0.25) is 9.69 Å². The smallest absolute Gasteiger partial charge is 0.436 e. The normalized spacial score (nSPS) is 16.6. The minimum absolute atomic E-state index is 0.00675. The van der Waals surface area contributed by atoms with Gasteiger partial charge in [0.2, 0.25) is 0 Å². The summed E-state index contributed by atoms with van der Waals surface area (Å²) >= 11 is 0. The fraction of sp³-hybridized carbons (Fsp3) is 0.391. The second-order valence-electron chi connectivity index (χ2n) is 7.42. The Morgan fingerprint density at radius 2 is 1.58 bits per heavy atom. The van der Waals surface area contributed by atoms with Gasteiger partial charge in [0.25, 0.3) is 11.6 Å². The first-order valence-corrected chi connectivity index (χ1v) is 10.5. The Hall–Kier alpha value is -3.27. The van der Waals surface area contributed by atoms with Crippen LogP contribution in [0.4, 0.5) is 18.9 Å². The van der Waals surface area contributed by atoms with E-state index < -0.39 is 23.7 Å². The summed E-state index contributed by atoms with van der Waals surface area (Å²) in [4.78, 5) is 28.4. The van der Waals surface area contributed by atoms with E-state index in [2.05, 4.69) is 0 Å². The molecule has 7 nitrogen and oxygen atoms in total. The lowest BCUT2D eigenvalue weighted by Gasteiger charge is -2.46. The van der Waals surface area contributed by atoms with Gasteiger partial charge in [-0.25, -0.2) is 4.79 Å². The number of carbonyl (C=O) groups excluding carboxylic acids is 2. The zero-order valence-electron chi connectivity index (χ0n) is 18.4. The zero-order chi connectivity index (χ0) is 24.1. The van der Waals surface area contributed by atoms with Gasteiger partial charge < -0.3 is 19.7 Å². The van der Waals surface area contributed by atoms with E-state index in [1.807, 2.05) is 22.3 Å². The van der Waals surface area contributed by atoms with Crippen LogP contribution in [0.1, 0.15) is 17.3 Å². The zero-order valence-corrected chi connectivity index (χ0v) is 18.4. The van der Waals surface area contributed by atoms with Crippen LogP contribution in [0.3, 0.4) is 0 Å². The molecule has 178 valence electrons. The lowest BCUT2D eigenvalue weighted by Crippen LogP contribution is -2.75. The predicted octanol–water partition coefficient (Wildman–Crippen LogP) is 3.07. The van der Waals surface area contributed by atoms with Crippen LogP contribution in [-0.4, -0.2) is 68.5 Å². The average molecular weight is 465 g/mol. The number of benzene rings is 2. The molecule has 0 aliphatic carbocycles. The van der Waals surface area contributed by atoms with E-state index in [-0.39, 0.29) is 38.3 Å². The van der Waals surface area contributed by atoms with Crippen LogP contribution in [0, 0.1) is 0 Å². The van der Waals surface area contributed by atoms with Gasteiger partial charge in [-0.05, 0) is 43.3 Å². The summed E-state index contributed by atoms with van der Waals surface area (Å²) in [6.45, 7) is 1.33. The summed E-state index contributed by atoms with van der Waals surface area (Å²) in [5, 5.41) is 1.96. The molecule has 1 unspecified atom stereocenters. The highest BCUT2D eigenvalue weighted by atomic mass is 19.4. The van der Waals surface area contributed by atoms with Crippen molar-refractivity contribution in [1.82, 2.24) is 10.2 Å². The fourth-order valence-corrected chi connectivity index (χ4v) is 3.78. The first-order chi connectivity index (χ1) is 15.7. The molecule has 2 aromatic rings. The molecule has 0 radical (unpaired) electrons. The second-order valence-corrected chi connectivity index (χ2v) is 7.42. The van der Waals surface area contributed by atoms with E-state index in [1.54, 1.807) is 25.3 Å². The molecule has 1 heterocycles. The number of nitrogens with zero attached hydrogens (tertiary/aromatic N) is 2. The number of esters is 1. The van der Waals surface area contributed by atoms with Gasteiger partial charge in [-0.15, -0.1) is 0 Å². The molecule has 1 aliphatic heterocycles. The van der Waals surface area contributed by atoms with E-state index >= 15 is 0 Å². The van der Waals surface area contributed by atoms with Crippen molar-refractivity contribution in [2.24, 2.45) is 0 Å². The Morgan fingerprint density at radius 3 is 2.09 bits per heavy atom. The Morgan fingerprint density at radius 1 is 0.970 bits per heavy atom. The van der Waals surface area contributed by atoms with Crippen LogP contribution >= 0.6 is 0 Å². The minimum atomic E-state index is -5.12. The van der Waals surface area contributed by atoms with Gasteiger partial charge in [-0.2, -0.15) is 13.2 Å². The molecule has 1 N–H and O–H groups in total. The van der Waals surface area contributed by atoms with Crippen LogP contribution in [0.5, 0.6) is 5.75 Å². The second kappa shape index (κ2) is 10.1. The molecule has 0 bridgehead atoms. The van der Waals surface area contributed by atoms with Gasteiger partial charge in [0.15, 0.2) is 0 Å². The molecule has 33 heavy (non-hydrogen) atoms. The summed E-state index contributed by atoms with van der Waals surface area (Å²) in [6, 6.07) is 14.6. The molecule has 1 fully saturated rings. The molecule has 1 saturated heterocycles. The summed E-state index contributed by atoms with van der Waals surface area (Å²) in [6.07, 6.45) is -5.12. The Balaban J connectivity index is 1.88. The van der Waals surface area contributed by atoms with Crippen molar-refractivity contribution in [3.63, 3.8) is 0 Å². The molecular weight excluding hydrogens is 439 g/mol. The van der Waals surface area contributed by atoms with Gasteiger partial charge in [0.05, 0.1) is 13.7 Å². The number of amides is 1. The third-order valence-electron chi connectivity index (χ3n) is 5.50. The topological polar surface area (TPSA) is 71.1 Å². The number of piperazine rings is 1. The summed E-state index contributed by atoms with van der Waals surface area (Å²) in [5.41, 5.74) is -2.48. The third-order valence-corrected chi connectivity index (χ3v) is 5.50. The Kier molecular flexibility index (Phi) is 7.47. The SMILES string of the molecule is CCOC(=O)C(NC(=O)c1ccccc1)(N1CCN(c2ccc(OC)cc2)CC1)C(F)(F)F. The number of nitrogens with one attached hydrogen (secondary N) is 1. The third kappa shape index (κ3) is 5.05. The number of anilines is 1. The van der Waals surface area contributed by atoms with Crippen molar-refractivity contribution in [2.75, 3.05) is 44.8 Å². The number of halogens is 3. The molecular formula is C23H26F3N3O4. The van der Waals surface area contributed by atoms with Crippen molar-refractivity contribution in [2.45, 2.75) is 18.8 Å². The van der Waals surface area contributed by atoms with E-state index in [9.17, 15) is 22.8 Å². The predicted molar refractivity (Wildman–Crippen MR) is 116 cm³/mol. The first kappa shape index (κ1) is 24.4. The number of hydrogen-bond acceptors (Lipinski definition) is 6. The molecule has 1 aliphatic rings. The first-order valence-electron chi connectivity index (χ1n) is 10.5. The average Bonchev–Trinajstić information content (AvgIpc) is 2.82. The Bertz CT molecular complexity index is 946. The number of rotatable bonds is 7. The van der Waals surface area contributed by atoms with Gasteiger partial charge in [0.1, 0.15) is 5.75 Å². The van der Waals surface area contributed by atoms with Crippen LogP contribution in [0.25, 0.3) is 0 Å². The molecule has 1 atom stereocenters. The van der Waals surface area contributed by atoms with Crippen LogP contribution in [0.15, 0.2) is 54.6 Å². The molecule has 0 aromatic heterocycles. The van der Waals surface area contributed by atoms with Gasteiger partial charge in [0, 0.05) is 37.4 Å². The van der Waals surface area contributed by atoms with Crippen LogP contribution in [-0.2, 0) is 9.53 Å². The molecule has 0 spiro atoms. The van der Waals surface area contributed by atoms with Crippen molar-refractivity contribution in [3.8, 4) is 5.75 Å². The standard InChI is InChI=1S/C23H26F3N3O4/c1-3-33-21(31)22(23(24,25)26,27-20(30)17-7-5-4-6-8-17)29-15-13-28(14-16-29)18-9-11-19(32-2)12-10-18/h4-12H,3,13-16H2,1-2H3,(H,27,30).